The van der Waals surface area contributed by atoms with Gasteiger partial charge in [0.2, 0.25) is 0 Å². The highest BCUT2D eigenvalue weighted by Crippen LogP contribution is 2.33. The van der Waals surface area contributed by atoms with Gasteiger partial charge in [-0.05, 0) is 24.5 Å². The zero-order valence-electron chi connectivity index (χ0n) is 10.2. The highest BCUT2D eigenvalue weighted by Gasteiger charge is 2.10. The van der Waals surface area contributed by atoms with Gasteiger partial charge in [-0.3, -0.25) is 0 Å². The van der Waals surface area contributed by atoms with Crippen LogP contribution in [0.25, 0.3) is 0 Å². The minimum Gasteiger partial charge on any atom is -0.496 e. The van der Waals surface area contributed by atoms with Crippen molar-refractivity contribution in [2.45, 2.75) is 12.8 Å². The molecule has 5 nitrogen and oxygen atoms in total. The zero-order valence-corrected chi connectivity index (χ0v) is 11.0. The van der Waals surface area contributed by atoms with Crippen LogP contribution in [0.15, 0.2) is 18.3 Å². The molecule has 1 N–H and O–H groups in total. The van der Waals surface area contributed by atoms with E-state index < -0.39 is 0 Å². The Balaban J connectivity index is 2.18. The molecule has 0 bridgehead atoms. The summed E-state index contributed by atoms with van der Waals surface area (Å²) in [6.07, 6.45) is 3.26. The van der Waals surface area contributed by atoms with Crippen LogP contribution >= 0.6 is 11.6 Å². The Morgan fingerprint density at radius 2 is 1.94 bits per heavy atom. The fourth-order valence-electron chi connectivity index (χ4n) is 1.73. The number of methoxy groups -OCH3 is 2. The predicted octanol–water partition coefficient (Wildman–Crippen LogP) is 2.26. The minimum absolute atomic E-state index is 0.577. The van der Waals surface area contributed by atoms with Gasteiger partial charge in [0.25, 0.3) is 0 Å². The molecule has 1 aromatic carbocycles. The summed E-state index contributed by atoms with van der Waals surface area (Å²) in [5, 5.41) is 10.9. The first kappa shape index (κ1) is 12.7. The fourth-order valence-corrected chi connectivity index (χ4v) is 1.99. The molecule has 0 amide bonds. The molecule has 0 radical (unpaired) electrons. The van der Waals surface area contributed by atoms with E-state index in [0.717, 1.165) is 29.8 Å². The van der Waals surface area contributed by atoms with Crippen LogP contribution in [0.5, 0.6) is 11.5 Å². The van der Waals surface area contributed by atoms with Crippen molar-refractivity contribution in [3.05, 3.63) is 34.6 Å². The third-order valence-electron chi connectivity index (χ3n) is 2.67. The van der Waals surface area contributed by atoms with Crippen molar-refractivity contribution >= 4 is 11.6 Å². The maximum Gasteiger partial charge on any atom is 0.141 e. The Morgan fingerprint density at radius 3 is 2.56 bits per heavy atom. The van der Waals surface area contributed by atoms with Crippen LogP contribution in [0.3, 0.4) is 0 Å². The monoisotopic (exact) mass is 267 g/mol. The Labute approximate surface area is 110 Å². The maximum absolute atomic E-state index is 6.10. The summed E-state index contributed by atoms with van der Waals surface area (Å²) in [6, 6.07) is 3.65. The van der Waals surface area contributed by atoms with Crippen LogP contribution in [0, 0.1) is 0 Å². The van der Waals surface area contributed by atoms with E-state index in [2.05, 4.69) is 15.4 Å². The van der Waals surface area contributed by atoms with Gasteiger partial charge in [0.1, 0.15) is 11.5 Å². The van der Waals surface area contributed by atoms with E-state index in [1.807, 2.05) is 6.07 Å². The van der Waals surface area contributed by atoms with Gasteiger partial charge < -0.3 is 9.47 Å². The molecule has 0 saturated heterocycles. The molecule has 2 rings (SSSR count). The number of nitrogens with zero attached hydrogens (tertiary/aromatic N) is 2. The lowest BCUT2D eigenvalue weighted by molar-refractivity contribution is 0.391. The molecule has 0 atom stereocenters. The number of rotatable bonds is 5. The van der Waals surface area contributed by atoms with E-state index in [0.29, 0.717) is 10.8 Å². The summed E-state index contributed by atoms with van der Waals surface area (Å²) in [4.78, 5) is 0. The number of hydrogen-bond donors (Lipinski definition) is 1. The molecule has 0 aliphatic carbocycles. The molecule has 0 aliphatic heterocycles. The van der Waals surface area contributed by atoms with E-state index >= 15 is 0 Å². The van der Waals surface area contributed by atoms with Crippen molar-refractivity contribution in [1.82, 2.24) is 15.4 Å². The average Bonchev–Trinajstić information content (AvgIpc) is 2.89. The predicted molar refractivity (Wildman–Crippen MR) is 68.3 cm³/mol. The van der Waals surface area contributed by atoms with Gasteiger partial charge in [-0.25, -0.2) is 0 Å². The highest BCUT2D eigenvalue weighted by molar-refractivity contribution is 6.32. The van der Waals surface area contributed by atoms with E-state index in [1.165, 1.54) is 0 Å². The van der Waals surface area contributed by atoms with E-state index in [1.54, 1.807) is 26.5 Å². The van der Waals surface area contributed by atoms with Crippen molar-refractivity contribution < 1.29 is 9.47 Å². The third-order valence-corrected chi connectivity index (χ3v) is 2.97. The van der Waals surface area contributed by atoms with Gasteiger partial charge in [0.15, 0.2) is 0 Å². The molecule has 2 aromatic rings. The number of H-pyrrole nitrogens is 1. The number of hydrogen-bond acceptors (Lipinski definition) is 4. The van der Waals surface area contributed by atoms with Crippen LogP contribution in [0.1, 0.15) is 11.3 Å². The summed E-state index contributed by atoms with van der Waals surface area (Å²) in [6.45, 7) is 0. The second kappa shape index (κ2) is 5.73. The highest BCUT2D eigenvalue weighted by atomic mass is 35.5. The lowest BCUT2D eigenvalue weighted by Gasteiger charge is -2.11. The summed E-state index contributed by atoms with van der Waals surface area (Å²) in [5.41, 5.74) is 1.93. The first-order valence-corrected chi connectivity index (χ1v) is 5.87. The average molecular weight is 268 g/mol. The lowest BCUT2D eigenvalue weighted by Crippen LogP contribution is -1.97. The molecular weight excluding hydrogens is 254 g/mol. The molecule has 0 spiro atoms. The number of benzene rings is 1. The third kappa shape index (κ3) is 2.73. The quantitative estimate of drug-likeness (QED) is 0.903. The minimum atomic E-state index is 0.577. The Hall–Kier alpha value is -1.75. The van der Waals surface area contributed by atoms with Gasteiger partial charge in [0.05, 0.1) is 31.1 Å². The number of nitrogens with one attached hydrogen (secondary N) is 1. The molecule has 18 heavy (non-hydrogen) atoms. The fraction of sp³-hybridized carbons (Fsp3) is 0.333. The van der Waals surface area contributed by atoms with Gasteiger partial charge in [-0.2, -0.15) is 15.4 Å². The van der Waals surface area contributed by atoms with Gasteiger partial charge in [-0.15, -0.1) is 0 Å². The Bertz CT molecular complexity index is 514. The summed E-state index contributed by atoms with van der Waals surface area (Å²) in [7, 11) is 3.21. The Morgan fingerprint density at radius 1 is 1.17 bits per heavy atom. The standard InChI is InChI=1S/C12H14ClN3O2/c1-17-11-6-12(18-2)10(13)5-8(11)3-4-9-7-14-16-15-9/h5-7H,3-4H2,1-2H3,(H,14,15,16). The van der Waals surface area contributed by atoms with Crippen LogP contribution in [0.4, 0.5) is 0 Å². The van der Waals surface area contributed by atoms with Gasteiger partial charge in [-0.1, -0.05) is 11.6 Å². The number of ether oxygens (including phenoxy) is 2. The first-order chi connectivity index (χ1) is 8.74. The van der Waals surface area contributed by atoms with Crippen molar-refractivity contribution in [3.8, 4) is 11.5 Å². The lowest BCUT2D eigenvalue weighted by atomic mass is 10.1. The Kier molecular flexibility index (Phi) is 4.04. The van der Waals surface area contributed by atoms with Gasteiger partial charge in [0, 0.05) is 6.07 Å². The SMILES string of the molecule is COc1cc(OC)c(CCc2cn[nH]n2)cc1Cl. The maximum atomic E-state index is 6.10. The molecule has 96 valence electrons. The number of aromatic nitrogens is 3. The van der Waals surface area contributed by atoms with Crippen LogP contribution in [-0.4, -0.2) is 29.6 Å². The van der Waals surface area contributed by atoms with Crippen molar-refractivity contribution in [3.63, 3.8) is 0 Å². The van der Waals surface area contributed by atoms with Crippen LogP contribution in [-0.2, 0) is 12.8 Å². The zero-order chi connectivity index (χ0) is 13.0. The van der Waals surface area contributed by atoms with Crippen molar-refractivity contribution in [1.29, 1.82) is 0 Å². The largest absolute Gasteiger partial charge is 0.496 e. The first-order valence-electron chi connectivity index (χ1n) is 5.49. The van der Waals surface area contributed by atoms with E-state index in [4.69, 9.17) is 21.1 Å². The number of halogens is 1. The van der Waals surface area contributed by atoms with E-state index in [9.17, 15) is 0 Å². The van der Waals surface area contributed by atoms with E-state index in [-0.39, 0.29) is 0 Å². The van der Waals surface area contributed by atoms with Crippen molar-refractivity contribution in [2.75, 3.05) is 14.2 Å². The smallest absolute Gasteiger partial charge is 0.141 e. The van der Waals surface area contributed by atoms with Crippen LogP contribution in [0.2, 0.25) is 5.02 Å². The molecular formula is C12H14ClN3O2. The molecule has 0 unspecified atom stereocenters. The molecule has 0 fully saturated rings. The van der Waals surface area contributed by atoms with Crippen molar-refractivity contribution in [2.24, 2.45) is 0 Å². The molecule has 0 aliphatic rings. The normalized spacial score (nSPS) is 10.4. The molecule has 1 heterocycles. The topological polar surface area (TPSA) is 60.0 Å². The second-order valence-corrected chi connectivity index (χ2v) is 4.17. The molecule has 6 heteroatoms. The summed E-state index contributed by atoms with van der Waals surface area (Å²) in [5.74, 6) is 1.37. The molecule has 1 aromatic heterocycles. The number of aromatic amines is 1. The van der Waals surface area contributed by atoms with Gasteiger partial charge >= 0.3 is 0 Å². The number of aryl methyl sites for hydroxylation is 2. The summed E-state index contributed by atoms with van der Waals surface area (Å²) < 4.78 is 10.5. The second-order valence-electron chi connectivity index (χ2n) is 3.76. The molecule has 0 saturated carbocycles. The summed E-state index contributed by atoms with van der Waals surface area (Å²) >= 11 is 6.10. The van der Waals surface area contributed by atoms with Crippen LogP contribution < -0.4 is 9.47 Å².